The van der Waals surface area contributed by atoms with Crippen molar-refractivity contribution in [1.29, 1.82) is 5.26 Å². The van der Waals surface area contributed by atoms with Crippen LogP contribution in [-0.4, -0.2) is 19.6 Å². The first-order chi connectivity index (χ1) is 12.1. The Morgan fingerprint density at radius 1 is 1.19 bits per heavy atom. The van der Waals surface area contributed by atoms with E-state index < -0.39 is 0 Å². The lowest BCUT2D eigenvalue weighted by atomic mass is 9.96. The van der Waals surface area contributed by atoms with Crippen molar-refractivity contribution in [3.05, 3.63) is 69.7 Å². The number of nitriles is 1. The third kappa shape index (κ3) is 5.21. The van der Waals surface area contributed by atoms with Crippen molar-refractivity contribution in [2.75, 3.05) is 13.6 Å². The van der Waals surface area contributed by atoms with Gasteiger partial charge >= 0.3 is 0 Å². The van der Waals surface area contributed by atoms with E-state index in [0.29, 0.717) is 12.1 Å². The molecule has 2 aromatic carbocycles. The maximum atomic E-state index is 8.85. The SMILES string of the molecule is CN=C(NCc1ccc(C#N)cc1)NCC1(c2cccc(Br)c2)CC1.I. The minimum Gasteiger partial charge on any atom is -0.356 e. The van der Waals surface area contributed by atoms with Crippen molar-refractivity contribution in [3.8, 4) is 6.07 Å². The molecule has 0 bridgehead atoms. The highest BCUT2D eigenvalue weighted by Gasteiger charge is 2.44. The average molecular weight is 525 g/mol. The Bertz CT molecular complexity index is 807. The second-order valence-electron chi connectivity index (χ2n) is 6.38. The van der Waals surface area contributed by atoms with Crippen LogP contribution in [0.25, 0.3) is 0 Å². The topological polar surface area (TPSA) is 60.2 Å². The third-order valence-electron chi connectivity index (χ3n) is 4.65. The molecule has 0 atom stereocenters. The summed E-state index contributed by atoms with van der Waals surface area (Å²) in [7, 11) is 1.78. The summed E-state index contributed by atoms with van der Waals surface area (Å²) in [5, 5.41) is 15.6. The minimum atomic E-state index is 0. The average Bonchev–Trinajstić information content (AvgIpc) is 3.43. The Labute approximate surface area is 180 Å². The van der Waals surface area contributed by atoms with Crippen LogP contribution >= 0.6 is 39.9 Å². The van der Waals surface area contributed by atoms with Gasteiger partial charge in [0.1, 0.15) is 0 Å². The molecule has 0 spiro atoms. The number of rotatable bonds is 5. The summed E-state index contributed by atoms with van der Waals surface area (Å²) in [5.74, 6) is 0.797. The molecule has 26 heavy (non-hydrogen) atoms. The van der Waals surface area contributed by atoms with E-state index in [2.05, 4.69) is 61.9 Å². The normalized spacial score (nSPS) is 14.7. The van der Waals surface area contributed by atoms with E-state index in [1.165, 1.54) is 18.4 Å². The Kier molecular flexibility index (Phi) is 7.47. The molecule has 0 aromatic heterocycles. The number of aliphatic imine (C=N–C) groups is 1. The van der Waals surface area contributed by atoms with Crippen LogP contribution in [0.2, 0.25) is 0 Å². The standard InChI is InChI=1S/C20H21BrN4.HI/c1-23-19(24-13-16-7-5-15(12-22)6-8-16)25-14-20(9-10-20)17-3-2-4-18(21)11-17;/h2-8,11H,9-10,13-14H2,1H3,(H2,23,24,25);1H. The number of nitrogens with one attached hydrogen (secondary N) is 2. The van der Waals surface area contributed by atoms with Gasteiger partial charge in [-0.05, 0) is 48.2 Å². The van der Waals surface area contributed by atoms with Gasteiger partial charge in [-0.2, -0.15) is 5.26 Å². The van der Waals surface area contributed by atoms with Crippen LogP contribution in [0.5, 0.6) is 0 Å². The zero-order valence-electron chi connectivity index (χ0n) is 14.6. The van der Waals surface area contributed by atoms with Crippen LogP contribution in [0.1, 0.15) is 29.5 Å². The van der Waals surface area contributed by atoms with Gasteiger partial charge in [0.15, 0.2) is 5.96 Å². The fourth-order valence-corrected chi connectivity index (χ4v) is 3.29. The van der Waals surface area contributed by atoms with Crippen molar-refractivity contribution in [3.63, 3.8) is 0 Å². The minimum absolute atomic E-state index is 0. The lowest BCUT2D eigenvalue weighted by molar-refractivity contribution is 0.645. The van der Waals surface area contributed by atoms with Gasteiger partial charge in [-0.1, -0.05) is 40.2 Å². The number of nitrogens with zero attached hydrogens (tertiary/aromatic N) is 2. The lowest BCUT2D eigenvalue weighted by Crippen LogP contribution is -2.40. The maximum Gasteiger partial charge on any atom is 0.191 e. The molecule has 0 heterocycles. The van der Waals surface area contributed by atoms with Gasteiger partial charge in [-0.15, -0.1) is 24.0 Å². The molecule has 0 amide bonds. The van der Waals surface area contributed by atoms with Crippen LogP contribution in [0.15, 0.2) is 58.0 Å². The van der Waals surface area contributed by atoms with Crippen molar-refractivity contribution in [2.24, 2.45) is 4.99 Å². The highest BCUT2D eigenvalue weighted by molar-refractivity contribution is 14.0. The van der Waals surface area contributed by atoms with Crippen molar-refractivity contribution >= 4 is 45.9 Å². The van der Waals surface area contributed by atoms with Crippen molar-refractivity contribution in [2.45, 2.75) is 24.8 Å². The Hall–Kier alpha value is -1.59. The predicted octanol–water partition coefficient (Wildman–Crippen LogP) is 4.34. The summed E-state index contributed by atoms with van der Waals surface area (Å²) in [4.78, 5) is 4.31. The molecule has 0 radical (unpaired) electrons. The van der Waals surface area contributed by atoms with E-state index in [0.717, 1.165) is 22.5 Å². The number of hydrogen-bond acceptors (Lipinski definition) is 2. The van der Waals surface area contributed by atoms with Crippen LogP contribution in [-0.2, 0) is 12.0 Å². The summed E-state index contributed by atoms with van der Waals surface area (Å²) >= 11 is 3.56. The fourth-order valence-electron chi connectivity index (χ4n) is 2.89. The molecule has 1 aliphatic rings. The van der Waals surface area contributed by atoms with E-state index in [1.807, 2.05) is 24.3 Å². The van der Waals surface area contributed by atoms with Crippen LogP contribution < -0.4 is 10.6 Å². The molecule has 1 saturated carbocycles. The van der Waals surface area contributed by atoms with E-state index in [9.17, 15) is 0 Å². The second kappa shape index (κ2) is 9.38. The number of hydrogen-bond donors (Lipinski definition) is 2. The van der Waals surface area contributed by atoms with Gasteiger partial charge in [-0.3, -0.25) is 4.99 Å². The molecule has 1 fully saturated rings. The summed E-state index contributed by atoms with van der Waals surface area (Å²) in [5.41, 5.74) is 3.39. The summed E-state index contributed by atoms with van der Waals surface area (Å²) in [6.07, 6.45) is 2.39. The van der Waals surface area contributed by atoms with Crippen LogP contribution in [0, 0.1) is 11.3 Å². The van der Waals surface area contributed by atoms with Crippen molar-refractivity contribution in [1.82, 2.24) is 10.6 Å². The molecular weight excluding hydrogens is 503 g/mol. The molecule has 0 unspecified atom stereocenters. The molecule has 0 aliphatic heterocycles. The second-order valence-corrected chi connectivity index (χ2v) is 7.29. The summed E-state index contributed by atoms with van der Waals surface area (Å²) in [6.45, 7) is 1.55. The Morgan fingerprint density at radius 2 is 1.92 bits per heavy atom. The van der Waals surface area contributed by atoms with Crippen LogP contribution in [0.3, 0.4) is 0 Å². The van der Waals surface area contributed by atoms with Crippen molar-refractivity contribution < 1.29 is 0 Å². The molecular formula is C20H22BrIN4. The zero-order chi connectivity index (χ0) is 17.7. The highest BCUT2D eigenvalue weighted by atomic mass is 127. The summed E-state index contributed by atoms with van der Waals surface area (Å²) < 4.78 is 1.12. The quantitative estimate of drug-likeness (QED) is 0.347. The molecule has 3 rings (SSSR count). The van der Waals surface area contributed by atoms with Gasteiger partial charge in [0.05, 0.1) is 11.6 Å². The van der Waals surface area contributed by atoms with E-state index in [1.54, 1.807) is 7.05 Å². The first-order valence-electron chi connectivity index (χ1n) is 8.35. The van der Waals surface area contributed by atoms with Gasteiger partial charge in [-0.25, -0.2) is 0 Å². The van der Waals surface area contributed by atoms with Gasteiger partial charge < -0.3 is 10.6 Å². The number of benzene rings is 2. The van der Waals surface area contributed by atoms with E-state index in [4.69, 9.17) is 5.26 Å². The largest absolute Gasteiger partial charge is 0.356 e. The van der Waals surface area contributed by atoms with Gasteiger partial charge in [0, 0.05) is 30.0 Å². The summed E-state index contributed by atoms with van der Waals surface area (Å²) in [6, 6.07) is 18.3. The highest BCUT2D eigenvalue weighted by Crippen LogP contribution is 2.48. The molecule has 4 nitrogen and oxygen atoms in total. The van der Waals surface area contributed by atoms with Crippen LogP contribution in [0.4, 0.5) is 0 Å². The molecule has 2 N–H and O–H groups in total. The molecule has 6 heteroatoms. The van der Waals surface area contributed by atoms with E-state index >= 15 is 0 Å². The first kappa shape index (κ1) is 20.7. The van der Waals surface area contributed by atoms with Gasteiger partial charge in [0.2, 0.25) is 0 Å². The Balaban J connectivity index is 0.00000243. The lowest BCUT2D eigenvalue weighted by Gasteiger charge is -2.19. The zero-order valence-corrected chi connectivity index (χ0v) is 18.5. The molecule has 1 aliphatic carbocycles. The fraction of sp³-hybridized carbons (Fsp3) is 0.300. The van der Waals surface area contributed by atoms with E-state index in [-0.39, 0.29) is 29.4 Å². The Morgan fingerprint density at radius 3 is 2.50 bits per heavy atom. The monoisotopic (exact) mass is 524 g/mol. The number of guanidine groups is 1. The molecule has 136 valence electrons. The predicted molar refractivity (Wildman–Crippen MR) is 120 cm³/mol. The molecule has 0 saturated heterocycles. The van der Waals surface area contributed by atoms with Gasteiger partial charge in [0.25, 0.3) is 0 Å². The molecule has 2 aromatic rings. The number of halogens is 2. The smallest absolute Gasteiger partial charge is 0.191 e. The third-order valence-corrected chi connectivity index (χ3v) is 5.14. The first-order valence-corrected chi connectivity index (χ1v) is 9.14. The maximum absolute atomic E-state index is 8.85.